The Hall–Kier alpha value is -0.0400. The monoisotopic (exact) mass is 169 g/mol. The zero-order valence-corrected chi connectivity index (χ0v) is 8.82. The Balaban J connectivity index is 2.18. The minimum Gasteiger partial charge on any atom is -0.317 e. The van der Waals surface area contributed by atoms with Crippen LogP contribution < -0.4 is 5.32 Å². The number of hydrogen-bond donors (Lipinski definition) is 1. The molecule has 1 N–H and O–H groups in total. The molecule has 1 fully saturated rings. The first-order valence-corrected chi connectivity index (χ1v) is 5.35. The molecule has 0 amide bonds. The van der Waals surface area contributed by atoms with E-state index in [1.165, 1.54) is 32.2 Å². The van der Waals surface area contributed by atoms with Gasteiger partial charge in [-0.3, -0.25) is 0 Å². The summed E-state index contributed by atoms with van der Waals surface area (Å²) in [5.74, 6) is 0.956. The van der Waals surface area contributed by atoms with Crippen molar-refractivity contribution in [1.29, 1.82) is 0 Å². The first kappa shape index (κ1) is 10.0. The lowest BCUT2D eigenvalue weighted by Crippen LogP contribution is -2.28. The lowest BCUT2D eigenvalue weighted by Gasteiger charge is -2.34. The first-order valence-electron chi connectivity index (χ1n) is 5.35. The SMILES string of the molecule is CCNCC1CCC(C)(C)CC1. The summed E-state index contributed by atoms with van der Waals surface area (Å²) >= 11 is 0. The highest BCUT2D eigenvalue weighted by molar-refractivity contribution is 4.79. The Morgan fingerprint density at radius 1 is 1.25 bits per heavy atom. The van der Waals surface area contributed by atoms with Gasteiger partial charge < -0.3 is 5.32 Å². The van der Waals surface area contributed by atoms with Crippen molar-refractivity contribution in [1.82, 2.24) is 5.32 Å². The van der Waals surface area contributed by atoms with E-state index in [0.717, 1.165) is 12.5 Å². The molecule has 0 spiro atoms. The van der Waals surface area contributed by atoms with Crippen molar-refractivity contribution in [3.63, 3.8) is 0 Å². The second-order valence-electron chi connectivity index (χ2n) is 4.92. The molecule has 0 bridgehead atoms. The van der Waals surface area contributed by atoms with E-state index in [4.69, 9.17) is 0 Å². The van der Waals surface area contributed by atoms with Crippen LogP contribution in [0, 0.1) is 11.3 Å². The molecule has 0 aromatic rings. The van der Waals surface area contributed by atoms with E-state index in [1.54, 1.807) is 0 Å². The van der Waals surface area contributed by atoms with Crippen molar-refractivity contribution in [2.24, 2.45) is 11.3 Å². The Morgan fingerprint density at radius 3 is 2.33 bits per heavy atom. The summed E-state index contributed by atoms with van der Waals surface area (Å²) in [7, 11) is 0. The van der Waals surface area contributed by atoms with Crippen LogP contribution >= 0.6 is 0 Å². The maximum atomic E-state index is 3.45. The standard InChI is InChI=1S/C11H23N/c1-4-12-9-10-5-7-11(2,3)8-6-10/h10,12H,4-9H2,1-3H3. The maximum Gasteiger partial charge on any atom is -0.00206 e. The van der Waals surface area contributed by atoms with Crippen molar-refractivity contribution in [2.75, 3.05) is 13.1 Å². The van der Waals surface area contributed by atoms with Gasteiger partial charge in [-0.05, 0) is 50.1 Å². The van der Waals surface area contributed by atoms with Crippen LogP contribution in [-0.2, 0) is 0 Å². The average Bonchev–Trinajstić information content (AvgIpc) is 2.03. The molecule has 1 saturated carbocycles. The Labute approximate surface area is 76.9 Å². The van der Waals surface area contributed by atoms with Gasteiger partial charge in [-0.1, -0.05) is 20.8 Å². The third-order valence-electron chi connectivity index (χ3n) is 3.14. The summed E-state index contributed by atoms with van der Waals surface area (Å²) in [5.41, 5.74) is 0.628. The van der Waals surface area contributed by atoms with E-state index >= 15 is 0 Å². The molecule has 0 unspecified atom stereocenters. The Morgan fingerprint density at radius 2 is 1.83 bits per heavy atom. The molecular weight excluding hydrogens is 146 g/mol. The third-order valence-corrected chi connectivity index (χ3v) is 3.14. The average molecular weight is 169 g/mol. The quantitative estimate of drug-likeness (QED) is 0.685. The van der Waals surface area contributed by atoms with E-state index in [0.29, 0.717) is 5.41 Å². The molecule has 1 nitrogen and oxygen atoms in total. The van der Waals surface area contributed by atoms with Gasteiger partial charge in [0.1, 0.15) is 0 Å². The molecule has 0 saturated heterocycles. The number of nitrogens with one attached hydrogen (secondary N) is 1. The normalized spacial score (nSPS) is 24.2. The zero-order chi connectivity index (χ0) is 9.03. The highest BCUT2D eigenvalue weighted by Crippen LogP contribution is 2.37. The fourth-order valence-electron chi connectivity index (χ4n) is 2.01. The fourth-order valence-corrected chi connectivity index (χ4v) is 2.01. The molecule has 12 heavy (non-hydrogen) atoms. The zero-order valence-electron chi connectivity index (χ0n) is 8.82. The first-order chi connectivity index (χ1) is 5.64. The van der Waals surface area contributed by atoms with Gasteiger partial charge in [0.15, 0.2) is 0 Å². The van der Waals surface area contributed by atoms with Crippen LogP contribution in [0.2, 0.25) is 0 Å². The van der Waals surface area contributed by atoms with Crippen molar-refractivity contribution >= 4 is 0 Å². The van der Waals surface area contributed by atoms with Crippen LogP contribution in [0.1, 0.15) is 46.5 Å². The van der Waals surface area contributed by atoms with Gasteiger partial charge in [0.05, 0.1) is 0 Å². The van der Waals surface area contributed by atoms with Crippen LogP contribution in [0.4, 0.5) is 0 Å². The van der Waals surface area contributed by atoms with Gasteiger partial charge >= 0.3 is 0 Å². The highest BCUT2D eigenvalue weighted by atomic mass is 14.8. The molecule has 1 heteroatoms. The van der Waals surface area contributed by atoms with Crippen molar-refractivity contribution in [2.45, 2.75) is 46.5 Å². The molecule has 0 aromatic carbocycles. The molecule has 0 atom stereocenters. The third kappa shape index (κ3) is 3.14. The van der Waals surface area contributed by atoms with Crippen molar-refractivity contribution in [3.8, 4) is 0 Å². The number of hydrogen-bond acceptors (Lipinski definition) is 1. The Kier molecular flexibility index (Phi) is 3.57. The maximum absolute atomic E-state index is 3.45. The van der Waals surface area contributed by atoms with E-state index in [-0.39, 0.29) is 0 Å². The molecule has 1 aliphatic rings. The lowest BCUT2D eigenvalue weighted by atomic mass is 9.73. The fraction of sp³-hybridized carbons (Fsp3) is 1.00. The van der Waals surface area contributed by atoms with Crippen LogP contribution in [-0.4, -0.2) is 13.1 Å². The predicted octanol–water partition coefficient (Wildman–Crippen LogP) is 2.81. The molecule has 1 rings (SSSR count). The summed E-state index contributed by atoms with van der Waals surface area (Å²) in [6.45, 7) is 9.35. The van der Waals surface area contributed by atoms with Crippen LogP contribution in [0.5, 0.6) is 0 Å². The minimum absolute atomic E-state index is 0.628. The second kappa shape index (κ2) is 4.27. The van der Waals surface area contributed by atoms with Gasteiger partial charge in [0.25, 0.3) is 0 Å². The topological polar surface area (TPSA) is 12.0 Å². The molecule has 0 aliphatic heterocycles. The lowest BCUT2D eigenvalue weighted by molar-refractivity contribution is 0.189. The summed E-state index contributed by atoms with van der Waals surface area (Å²) in [6, 6.07) is 0. The van der Waals surface area contributed by atoms with E-state index < -0.39 is 0 Å². The molecular formula is C11H23N. The second-order valence-corrected chi connectivity index (χ2v) is 4.92. The molecule has 0 aromatic heterocycles. The predicted molar refractivity (Wildman–Crippen MR) is 54.3 cm³/mol. The summed E-state index contributed by atoms with van der Waals surface area (Å²) < 4.78 is 0. The summed E-state index contributed by atoms with van der Waals surface area (Å²) in [4.78, 5) is 0. The van der Waals surface area contributed by atoms with Crippen LogP contribution in [0.3, 0.4) is 0 Å². The van der Waals surface area contributed by atoms with Gasteiger partial charge in [-0.15, -0.1) is 0 Å². The van der Waals surface area contributed by atoms with Gasteiger partial charge in [0.2, 0.25) is 0 Å². The van der Waals surface area contributed by atoms with Crippen molar-refractivity contribution in [3.05, 3.63) is 0 Å². The van der Waals surface area contributed by atoms with Crippen LogP contribution in [0.25, 0.3) is 0 Å². The summed E-state index contributed by atoms with van der Waals surface area (Å²) in [5, 5.41) is 3.45. The van der Waals surface area contributed by atoms with Gasteiger partial charge in [0, 0.05) is 0 Å². The van der Waals surface area contributed by atoms with Crippen LogP contribution in [0.15, 0.2) is 0 Å². The molecule has 0 heterocycles. The van der Waals surface area contributed by atoms with Gasteiger partial charge in [-0.2, -0.15) is 0 Å². The van der Waals surface area contributed by atoms with E-state index in [2.05, 4.69) is 26.1 Å². The largest absolute Gasteiger partial charge is 0.317 e. The summed E-state index contributed by atoms with van der Waals surface area (Å²) in [6.07, 6.45) is 5.70. The molecule has 0 radical (unpaired) electrons. The minimum atomic E-state index is 0.628. The van der Waals surface area contributed by atoms with E-state index in [1.807, 2.05) is 0 Å². The number of rotatable bonds is 3. The van der Waals surface area contributed by atoms with Gasteiger partial charge in [-0.25, -0.2) is 0 Å². The molecule has 72 valence electrons. The smallest absolute Gasteiger partial charge is 0.00206 e. The van der Waals surface area contributed by atoms with Crippen molar-refractivity contribution < 1.29 is 0 Å². The van der Waals surface area contributed by atoms with E-state index in [9.17, 15) is 0 Å². The highest BCUT2D eigenvalue weighted by Gasteiger charge is 2.26. The molecule has 1 aliphatic carbocycles. The Bertz CT molecular complexity index is 119.